The van der Waals surface area contributed by atoms with Crippen LogP contribution in [0.5, 0.6) is 23.0 Å². The van der Waals surface area contributed by atoms with Crippen LogP contribution in [0.3, 0.4) is 0 Å². The van der Waals surface area contributed by atoms with Crippen molar-refractivity contribution in [3.63, 3.8) is 0 Å². The lowest BCUT2D eigenvalue weighted by Gasteiger charge is -2.15. The first-order chi connectivity index (χ1) is 11.7. The number of aldehydes is 1. The Bertz CT molecular complexity index is 687. The lowest BCUT2D eigenvalue weighted by atomic mass is 10.2. The van der Waals surface area contributed by atoms with Gasteiger partial charge in [-0.05, 0) is 53.8 Å². The molecular weight excluding hydrogens is 423 g/mol. The van der Waals surface area contributed by atoms with Crippen molar-refractivity contribution in [1.29, 1.82) is 0 Å². The van der Waals surface area contributed by atoms with Crippen molar-refractivity contribution in [1.82, 2.24) is 0 Å². The fraction of sp³-hybridized carbons (Fsp3) is 0.278. The number of hydrogen-bond donors (Lipinski definition) is 0. The van der Waals surface area contributed by atoms with E-state index in [4.69, 9.17) is 18.9 Å². The average Bonchev–Trinajstić information content (AvgIpc) is 2.60. The molecule has 0 fully saturated rings. The van der Waals surface area contributed by atoms with Gasteiger partial charge >= 0.3 is 0 Å². The second-order valence-corrected chi connectivity index (χ2v) is 5.89. The van der Waals surface area contributed by atoms with Gasteiger partial charge in [0.1, 0.15) is 19.5 Å². The van der Waals surface area contributed by atoms with Crippen LogP contribution < -0.4 is 18.9 Å². The molecule has 0 saturated heterocycles. The highest BCUT2D eigenvalue weighted by molar-refractivity contribution is 14.1. The van der Waals surface area contributed by atoms with E-state index in [1.54, 1.807) is 19.2 Å². The van der Waals surface area contributed by atoms with Crippen molar-refractivity contribution in [3.8, 4) is 23.0 Å². The highest BCUT2D eigenvalue weighted by Gasteiger charge is 2.12. The van der Waals surface area contributed by atoms with E-state index in [0.29, 0.717) is 48.4 Å². The van der Waals surface area contributed by atoms with Crippen molar-refractivity contribution in [3.05, 3.63) is 45.5 Å². The van der Waals surface area contributed by atoms with Gasteiger partial charge in [-0.15, -0.1) is 0 Å². The van der Waals surface area contributed by atoms with Gasteiger partial charge in [-0.3, -0.25) is 4.79 Å². The Hall–Kier alpha value is -1.96. The summed E-state index contributed by atoms with van der Waals surface area (Å²) in [5.41, 5.74) is 0.556. The van der Waals surface area contributed by atoms with E-state index < -0.39 is 0 Å². The molecule has 2 rings (SSSR count). The molecule has 5 nitrogen and oxygen atoms in total. The summed E-state index contributed by atoms with van der Waals surface area (Å²) in [6, 6.07) is 10.9. The Morgan fingerprint density at radius 1 is 1.00 bits per heavy atom. The maximum absolute atomic E-state index is 11.0. The van der Waals surface area contributed by atoms with Crippen LogP contribution in [0, 0.1) is 3.57 Å². The number of hydrogen-bond acceptors (Lipinski definition) is 5. The van der Waals surface area contributed by atoms with Gasteiger partial charge in [0.15, 0.2) is 23.0 Å². The van der Waals surface area contributed by atoms with E-state index >= 15 is 0 Å². The van der Waals surface area contributed by atoms with E-state index in [-0.39, 0.29) is 0 Å². The standard InChI is InChI=1S/C18H19IO5/c1-3-22-17-11-13(12-20)10-14(19)18(17)24-9-8-23-16-7-5-4-6-15(16)21-2/h4-7,10-12H,3,8-9H2,1-2H3. The molecule has 0 N–H and O–H groups in total. The van der Waals surface area contributed by atoms with Crippen molar-refractivity contribution in [2.24, 2.45) is 0 Å². The summed E-state index contributed by atoms with van der Waals surface area (Å²) in [7, 11) is 1.60. The maximum Gasteiger partial charge on any atom is 0.174 e. The zero-order valence-corrected chi connectivity index (χ0v) is 15.7. The summed E-state index contributed by atoms with van der Waals surface area (Å²) in [5, 5.41) is 0. The van der Waals surface area contributed by atoms with Crippen LogP contribution in [0.15, 0.2) is 36.4 Å². The highest BCUT2D eigenvalue weighted by atomic mass is 127. The van der Waals surface area contributed by atoms with Gasteiger partial charge < -0.3 is 18.9 Å². The molecule has 0 aliphatic carbocycles. The number of rotatable bonds is 9. The summed E-state index contributed by atoms with van der Waals surface area (Å²) in [5.74, 6) is 2.52. The normalized spacial score (nSPS) is 10.1. The van der Waals surface area contributed by atoms with Crippen LogP contribution in [0.2, 0.25) is 0 Å². The van der Waals surface area contributed by atoms with Crippen LogP contribution in [-0.4, -0.2) is 33.2 Å². The van der Waals surface area contributed by atoms with E-state index in [2.05, 4.69) is 22.6 Å². The van der Waals surface area contributed by atoms with Crippen LogP contribution in [-0.2, 0) is 0 Å². The number of methoxy groups -OCH3 is 1. The Morgan fingerprint density at radius 3 is 2.38 bits per heavy atom. The molecule has 0 radical (unpaired) electrons. The first kappa shape index (κ1) is 18.4. The van der Waals surface area contributed by atoms with Crippen molar-refractivity contribution in [2.75, 3.05) is 26.9 Å². The maximum atomic E-state index is 11.0. The number of carbonyl (C=O) groups excluding carboxylic acids is 1. The van der Waals surface area contributed by atoms with Crippen LogP contribution in [0.4, 0.5) is 0 Å². The second kappa shape index (κ2) is 9.36. The minimum Gasteiger partial charge on any atom is -0.493 e. The molecule has 0 bridgehead atoms. The predicted octanol–water partition coefficient (Wildman–Crippen LogP) is 3.97. The minimum absolute atomic E-state index is 0.342. The number of ether oxygens (including phenoxy) is 4. The van der Waals surface area contributed by atoms with Crippen molar-refractivity contribution >= 4 is 28.9 Å². The third kappa shape index (κ3) is 4.77. The van der Waals surface area contributed by atoms with Gasteiger partial charge in [-0.2, -0.15) is 0 Å². The lowest BCUT2D eigenvalue weighted by Crippen LogP contribution is -2.11. The van der Waals surface area contributed by atoms with E-state index in [0.717, 1.165) is 9.86 Å². The highest BCUT2D eigenvalue weighted by Crippen LogP contribution is 2.34. The zero-order chi connectivity index (χ0) is 17.4. The van der Waals surface area contributed by atoms with Gasteiger partial charge in [0.25, 0.3) is 0 Å². The molecule has 0 aromatic heterocycles. The van der Waals surface area contributed by atoms with Gasteiger partial charge in [0.2, 0.25) is 0 Å². The van der Waals surface area contributed by atoms with Crippen molar-refractivity contribution < 1.29 is 23.7 Å². The molecule has 24 heavy (non-hydrogen) atoms. The minimum atomic E-state index is 0.342. The molecule has 2 aromatic rings. The molecule has 0 amide bonds. The second-order valence-electron chi connectivity index (χ2n) is 4.73. The zero-order valence-electron chi connectivity index (χ0n) is 13.6. The molecule has 0 aliphatic rings. The Kier molecular flexibility index (Phi) is 7.17. The largest absolute Gasteiger partial charge is 0.493 e. The Morgan fingerprint density at radius 2 is 1.71 bits per heavy atom. The molecule has 0 unspecified atom stereocenters. The summed E-state index contributed by atoms with van der Waals surface area (Å²) >= 11 is 2.12. The third-order valence-corrected chi connectivity index (χ3v) is 3.93. The lowest BCUT2D eigenvalue weighted by molar-refractivity contribution is 0.112. The molecule has 0 saturated carbocycles. The molecule has 6 heteroatoms. The van der Waals surface area contributed by atoms with Gasteiger partial charge in [-0.1, -0.05) is 12.1 Å². The molecule has 0 spiro atoms. The summed E-state index contributed by atoms with van der Waals surface area (Å²) in [4.78, 5) is 11.0. The van der Waals surface area contributed by atoms with E-state index in [1.807, 2.05) is 31.2 Å². The predicted molar refractivity (Wildman–Crippen MR) is 99.7 cm³/mol. The Balaban J connectivity index is 2.00. The topological polar surface area (TPSA) is 54.0 Å². The van der Waals surface area contributed by atoms with Crippen LogP contribution in [0.1, 0.15) is 17.3 Å². The fourth-order valence-electron chi connectivity index (χ4n) is 2.09. The van der Waals surface area contributed by atoms with E-state index in [1.165, 1.54) is 0 Å². The molecule has 128 valence electrons. The molecule has 0 aliphatic heterocycles. The molecule has 0 heterocycles. The number of halogens is 1. The number of benzene rings is 2. The monoisotopic (exact) mass is 442 g/mol. The van der Waals surface area contributed by atoms with Gasteiger partial charge in [0, 0.05) is 5.56 Å². The molecule has 2 aromatic carbocycles. The van der Waals surface area contributed by atoms with Gasteiger partial charge in [-0.25, -0.2) is 0 Å². The smallest absolute Gasteiger partial charge is 0.174 e. The summed E-state index contributed by atoms with van der Waals surface area (Å²) < 4.78 is 23.1. The quantitative estimate of drug-likeness (QED) is 0.334. The number of carbonyl (C=O) groups is 1. The van der Waals surface area contributed by atoms with Crippen molar-refractivity contribution in [2.45, 2.75) is 6.92 Å². The van der Waals surface area contributed by atoms with Crippen LogP contribution in [0.25, 0.3) is 0 Å². The van der Waals surface area contributed by atoms with Crippen LogP contribution >= 0.6 is 22.6 Å². The summed E-state index contributed by atoms with van der Waals surface area (Å²) in [6.07, 6.45) is 0.791. The van der Waals surface area contributed by atoms with Gasteiger partial charge in [0.05, 0.1) is 17.3 Å². The Labute approximate surface area is 155 Å². The fourth-order valence-corrected chi connectivity index (χ4v) is 2.87. The SMILES string of the molecule is CCOc1cc(C=O)cc(I)c1OCCOc1ccccc1OC. The number of para-hydroxylation sites is 2. The first-order valence-corrected chi connectivity index (χ1v) is 8.57. The first-order valence-electron chi connectivity index (χ1n) is 7.49. The molecular formula is C18H19IO5. The average molecular weight is 442 g/mol. The summed E-state index contributed by atoms with van der Waals surface area (Å²) in [6.45, 7) is 3.08. The van der Waals surface area contributed by atoms with E-state index in [9.17, 15) is 4.79 Å². The molecule has 0 atom stereocenters. The third-order valence-electron chi connectivity index (χ3n) is 3.12.